The molecule has 0 atom stereocenters. The highest BCUT2D eigenvalue weighted by atomic mass is 16.6. The van der Waals surface area contributed by atoms with Gasteiger partial charge in [0.25, 0.3) is 0 Å². The van der Waals surface area contributed by atoms with E-state index in [1.807, 2.05) is 6.07 Å². The van der Waals surface area contributed by atoms with E-state index in [0.29, 0.717) is 24.2 Å². The Labute approximate surface area is 124 Å². The fraction of sp³-hybridized carbons (Fsp3) is 0.438. The smallest absolute Gasteiger partial charge is 0.328 e. The monoisotopic (exact) mass is 289 g/mol. The molecular formula is C16H19NO4. The summed E-state index contributed by atoms with van der Waals surface area (Å²) in [5.41, 5.74) is -0.818. The summed E-state index contributed by atoms with van der Waals surface area (Å²) in [6, 6.07) is 8.13. The van der Waals surface area contributed by atoms with Gasteiger partial charge < -0.3 is 9.47 Å². The fourth-order valence-corrected chi connectivity index (χ4v) is 1.98. The number of ether oxygens (including phenoxy) is 2. The molecule has 1 aromatic carbocycles. The summed E-state index contributed by atoms with van der Waals surface area (Å²) in [6.45, 7) is 5.41. The van der Waals surface area contributed by atoms with Crippen LogP contribution in [0.4, 0.5) is 0 Å². The average molecular weight is 289 g/mol. The lowest BCUT2D eigenvalue weighted by Gasteiger charge is -2.26. The third kappa shape index (κ3) is 3.60. The highest BCUT2D eigenvalue weighted by molar-refractivity contribution is 6.00. The third-order valence-corrected chi connectivity index (χ3v) is 3.46. The van der Waals surface area contributed by atoms with Gasteiger partial charge in [0.05, 0.1) is 18.2 Å². The number of benzene rings is 1. The SMILES string of the molecule is CCOC(=O)C(CC)(CC)C(=O)Oc1ccc(C#N)cc1. The van der Waals surface area contributed by atoms with E-state index in [-0.39, 0.29) is 6.61 Å². The second kappa shape index (κ2) is 7.44. The molecule has 5 heteroatoms. The van der Waals surface area contributed by atoms with Crippen LogP contribution in [0.2, 0.25) is 0 Å². The molecule has 0 aliphatic heterocycles. The minimum Gasteiger partial charge on any atom is -0.465 e. The highest BCUT2D eigenvalue weighted by Crippen LogP contribution is 2.31. The zero-order valence-electron chi connectivity index (χ0n) is 12.5. The molecule has 0 aromatic heterocycles. The molecule has 0 unspecified atom stereocenters. The van der Waals surface area contributed by atoms with Crippen molar-refractivity contribution >= 4 is 11.9 Å². The standard InChI is InChI=1S/C16H19NO4/c1-4-16(5-2,14(18)20-6-3)15(19)21-13-9-7-12(11-17)8-10-13/h7-10H,4-6H2,1-3H3. The first kappa shape index (κ1) is 16.7. The van der Waals surface area contributed by atoms with Gasteiger partial charge in [-0.2, -0.15) is 5.26 Å². The van der Waals surface area contributed by atoms with Crippen molar-refractivity contribution in [2.45, 2.75) is 33.6 Å². The van der Waals surface area contributed by atoms with Crippen LogP contribution in [0.15, 0.2) is 24.3 Å². The van der Waals surface area contributed by atoms with Gasteiger partial charge >= 0.3 is 11.9 Å². The second-order valence-corrected chi connectivity index (χ2v) is 4.54. The van der Waals surface area contributed by atoms with Crippen LogP contribution in [0.3, 0.4) is 0 Å². The zero-order valence-corrected chi connectivity index (χ0v) is 12.5. The van der Waals surface area contributed by atoms with E-state index in [1.165, 1.54) is 12.1 Å². The largest absolute Gasteiger partial charge is 0.465 e. The lowest BCUT2D eigenvalue weighted by Crippen LogP contribution is -2.42. The van der Waals surface area contributed by atoms with Crippen LogP contribution in [-0.2, 0) is 14.3 Å². The van der Waals surface area contributed by atoms with E-state index in [9.17, 15) is 9.59 Å². The summed E-state index contributed by atoms with van der Waals surface area (Å²) < 4.78 is 10.3. The van der Waals surface area contributed by atoms with Crippen LogP contribution in [-0.4, -0.2) is 18.5 Å². The minimum atomic E-state index is -1.29. The Morgan fingerprint density at radius 2 is 1.67 bits per heavy atom. The lowest BCUT2D eigenvalue weighted by molar-refractivity contribution is -0.167. The maximum atomic E-state index is 12.4. The molecule has 0 N–H and O–H groups in total. The van der Waals surface area contributed by atoms with E-state index in [4.69, 9.17) is 14.7 Å². The predicted molar refractivity (Wildman–Crippen MR) is 76.4 cm³/mol. The van der Waals surface area contributed by atoms with Gasteiger partial charge in [-0.05, 0) is 44.0 Å². The molecule has 0 radical (unpaired) electrons. The molecule has 0 spiro atoms. The number of rotatable bonds is 6. The number of esters is 2. The van der Waals surface area contributed by atoms with Crippen molar-refractivity contribution in [1.82, 2.24) is 0 Å². The van der Waals surface area contributed by atoms with Crippen LogP contribution in [0.25, 0.3) is 0 Å². The molecule has 0 aliphatic rings. The first-order chi connectivity index (χ1) is 10.0. The molecular weight excluding hydrogens is 270 g/mol. The van der Waals surface area contributed by atoms with E-state index >= 15 is 0 Å². The normalized spacial score (nSPS) is 10.6. The Morgan fingerprint density at radius 3 is 2.10 bits per heavy atom. The van der Waals surface area contributed by atoms with Crippen molar-refractivity contribution in [3.8, 4) is 11.8 Å². The van der Waals surface area contributed by atoms with Gasteiger partial charge in [-0.1, -0.05) is 13.8 Å². The van der Waals surface area contributed by atoms with Gasteiger partial charge in [-0.3, -0.25) is 9.59 Å². The summed E-state index contributed by atoms with van der Waals surface area (Å²) in [5.74, 6) is -0.890. The molecule has 0 bridgehead atoms. The van der Waals surface area contributed by atoms with E-state index in [0.717, 1.165) is 0 Å². The summed E-state index contributed by atoms with van der Waals surface area (Å²) >= 11 is 0. The van der Waals surface area contributed by atoms with Gasteiger partial charge in [0.1, 0.15) is 5.75 Å². The molecule has 1 aromatic rings. The Bertz CT molecular complexity index is 538. The number of nitriles is 1. The van der Waals surface area contributed by atoms with Gasteiger partial charge in [0.2, 0.25) is 0 Å². The maximum absolute atomic E-state index is 12.4. The van der Waals surface area contributed by atoms with Crippen LogP contribution >= 0.6 is 0 Å². The summed E-state index contributed by atoms with van der Waals surface area (Å²) in [7, 11) is 0. The number of hydrogen-bond acceptors (Lipinski definition) is 5. The van der Waals surface area contributed by atoms with Gasteiger partial charge in [0.15, 0.2) is 5.41 Å². The van der Waals surface area contributed by atoms with Crippen molar-refractivity contribution in [3.63, 3.8) is 0 Å². The molecule has 0 aliphatic carbocycles. The Kier molecular flexibility index (Phi) is 5.92. The topological polar surface area (TPSA) is 76.4 Å². The Balaban J connectivity index is 2.96. The van der Waals surface area contributed by atoms with Crippen molar-refractivity contribution in [3.05, 3.63) is 29.8 Å². The second-order valence-electron chi connectivity index (χ2n) is 4.54. The molecule has 0 fully saturated rings. The van der Waals surface area contributed by atoms with Gasteiger partial charge in [0, 0.05) is 0 Å². The zero-order chi connectivity index (χ0) is 15.9. The summed E-state index contributed by atoms with van der Waals surface area (Å²) in [4.78, 5) is 24.5. The summed E-state index contributed by atoms with van der Waals surface area (Å²) in [6.07, 6.45) is 0.606. The quantitative estimate of drug-likeness (QED) is 0.457. The predicted octanol–water partition coefficient (Wildman–Crippen LogP) is 2.83. The first-order valence-electron chi connectivity index (χ1n) is 6.93. The number of nitrogens with zero attached hydrogens (tertiary/aromatic N) is 1. The van der Waals surface area contributed by atoms with E-state index in [2.05, 4.69) is 0 Å². The van der Waals surface area contributed by atoms with Gasteiger partial charge in [-0.25, -0.2) is 0 Å². The first-order valence-corrected chi connectivity index (χ1v) is 6.93. The molecule has 0 saturated carbocycles. The molecule has 0 amide bonds. The number of hydrogen-bond donors (Lipinski definition) is 0. The molecule has 112 valence electrons. The molecule has 1 rings (SSSR count). The van der Waals surface area contributed by atoms with Crippen molar-refractivity contribution in [2.75, 3.05) is 6.61 Å². The molecule has 21 heavy (non-hydrogen) atoms. The van der Waals surface area contributed by atoms with Crippen LogP contribution in [0.1, 0.15) is 39.2 Å². The third-order valence-electron chi connectivity index (χ3n) is 3.46. The molecule has 0 saturated heterocycles. The van der Waals surface area contributed by atoms with Crippen molar-refractivity contribution in [2.24, 2.45) is 5.41 Å². The van der Waals surface area contributed by atoms with Crippen LogP contribution < -0.4 is 4.74 Å². The average Bonchev–Trinajstić information content (AvgIpc) is 2.50. The van der Waals surface area contributed by atoms with Gasteiger partial charge in [-0.15, -0.1) is 0 Å². The minimum absolute atomic E-state index is 0.213. The fourth-order valence-electron chi connectivity index (χ4n) is 1.98. The maximum Gasteiger partial charge on any atom is 0.328 e. The van der Waals surface area contributed by atoms with Crippen molar-refractivity contribution in [1.29, 1.82) is 5.26 Å². The molecule has 5 nitrogen and oxygen atoms in total. The number of carbonyl (C=O) groups is 2. The summed E-state index contributed by atoms with van der Waals surface area (Å²) in [5, 5.41) is 8.73. The van der Waals surface area contributed by atoms with E-state index in [1.54, 1.807) is 32.9 Å². The number of carbonyl (C=O) groups excluding carboxylic acids is 2. The Morgan fingerprint density at radius 1 is 1.10 bits per heavy atom. The van der Waals surface area contributed by atoms with Crippen LogP contribution in [0.5, 0.6) is 5.75 Å². The van der Waals surface area contributed by atoms with Crippen LogP contribution in [0, 0.1) is 16.7 Å². The highest BCUT2D eigenvalue weighted by Gasteiger charge is 2.46. The van der Waals surface area contributed by atoms with E-state index < -0.39 is 17.4 Å². The Hall–Kier alpha value is -2.35. The van der Waals surface area contributed by atoms with Crippen molar-refractivity contribution < 1.29 is 19.1 Å². The lowest BCUT2D eigenvalue weighted by atomic mass is 9.82. The molecule has 0 heterocycles.